The van der Waals surface area contributed by atoms with Crippen LogP contribution in [-0.2, 0) is 11.2 Å². The van der Waals surface area contributed by atoms with E-state index in [1.165, 1.54) is 12.7 Å². The van der Waals surface area contributed by atoms with Crippen molar-refractivity contribution < 1.29 is 9.53 Å². The molecule has 1 aliphatic rings. The standard InChI is InChI=1S/C16H14ClNO2/c1-20-16(19)11-7-6-10-8-15(18-14(10)9-11)12-4-2-3-5-13(12)17/h2-7,9,15,18H,8H2,1H3. The fourth-order valence-corrected chi connectivity index (χ4v) is 2.81. The van der Waals surface area contributed by atoms with Gasteiger partial charge in [-0.3, -0.25) is 0 Å². The number of ether oxygens (including phenoxy) is 1. The third-order valence-electron chi connectivity index (χ3n) is 3.57. The number of carbonyl (C=O) groups is 1. The number of methoxy groups -OCH3 is 1. The largest absolute Gasteiger partial charge is 0.465 e. The maximum atomic E-state index is 11.5. The Morgan fingerprint density at radius 3 is 2.85 bits per heavy atom. The zero-order chi connectivity index (χ0) is 14.1. The van der Waals surface area contributed by atoms with E-state index >= 15 is 0 Å². The van der Waals surface area contributed by atoms with Crippen LogP contribution in [0, 0.1) is 0 Å². The number of anilines is 1. The van der Waals surface area contributed by atoms with E-state index < -0.39 is 0 Å². The van der Waals surface area contributed by atoms with Crippen LogP contribution in [0.5, 0.6) is 0 Å². The van der Waals surface area contributed by atoms with Gasteiger partial charge in [-0.15, -0.1) is 0 Å². The van der Waals surface area contributed by atoms with Gasteiger partial charge in [-0.1, -0.05) is 35.9 Å². The van der Waals surface area contributed by atoms with Crippen molar-refractivity contribution in [2.45, 2.75) is 12.5 Å². The Bertz CT molecular complexity index is 669. The molecule has 0 aromatic heterocycles. The van der Waals surface area contributed by atoms with Crippen LogP contribution in [0.4, 0.5) is 5.69 Å². The Labute approximate surface area is 122 Å². The molecule has 0 amide bonds. The molecule has 0 fully saturated rings. The zero-order valence-corrected chi connectivity index (χ0v) is 11.8. The molecule has 2 aromatic carbocycles. The molecule has 3 nitrogen and oxygen atoms in total. The number of fused-ring (bicyclic) bond motifs is 1. The maximum Gasteiger partial charge on any atom is 0.337 e. The van der Waals surface area contributed by atoms with E-state index in [-0.39, 0.29) is 12.0 Å². The minimum Gasteiger partial charge on any atom is -0.465 e. The molecule has 0 radical (unpaired) electrons. The second-order valence-corrected chi connectivity index (χ2v) is 5.19. The summed E-state index contributed by atoms with van der Waals surface area (Å²) in [6.07, 6.45) is 0.862. The first-order valence-electron chi connectivity index (χ1n) is 6.41. The van der Waals surface area contributed by atoms with Crippen LogP contribution < -0.4 is 5.32 Å². The Kier molecular flexibility index (Phi) is 3.36. The third-order valence-corrected chi connectivity index (χ3v) is 3.91. The van der Waals surface area contributed by atoms with Gasteiger partial charge in [-0.25, -0.2) is 4.79 Å². The molecular weight excluding hydrogens is 274 g/mol. The summed E-state index contributed by atoms with van der Waals surface area (Å²) in [5.41, 5.74) is 3.78. The number of rotatable bonds is 2. The zero-order valence-electron chi connectivity index (χ0n) is 11.0. The van der Waals surface area contributed by atoms with Crippen molar-refractivity contribution in [3.63, 3.8) is 0 Å². The molecule has 1 heterocycles. The van der Waals surface area contributed by atoms with Crippen molar-refractivity contribution in [2.75, 3.05) is 12.4 Å². The molecule has 0 saturated heterocycles. The summed E-state index contributed by atoms with van der Waals surface area (Å²) < 4.78 is 4.74. The van der Waals surface area contributed by atoms with Gasteiger partial charge < -0.3 is 10.1 Å². The third kappa shape index (κ3) is 2.25. The van der Waals surface area contributed by atoms with Gasteiger partial charge in [0, 0.05) is 10.7 Å². The number of hydrogen-bond acceptors (Lipinski definition) is 3. The molecular formula is C16H14ClNO2. The molecule has 3 rings (SSSR count). The van der Waals surface area contributed by atoms with Gasteiger partial charge in [-0.2, -0.15) is 0 Å². The van der Waals surface area contributed by atoms with E-state index in [2.05, 4.69) is 5.32 Å². The summed E-state index contributed by atoms with van der Waals surface area (Å²) in [5.74, 6) is -0.323. The molecule has 1 unspecified atom stereocenters. The lowest BCUT2D eigenvalue weighted by Gasteiger charge is -2.13. The molecule has 1 aliphatic heterocycles. The van der Waals surface area contributed by atoms with Crippen molar-refractivity contribution in [1.82, 2.24) is 0 Å². The van der Waals surface area contributed by atoms with Gasteiger partial charge in [0.2, 0.25) is 0 Å². The molecule has 2 aromatic rings. The molecule has 0 saturated carbocycles. The lowest BCUT2D eigenvalue weighted by Crippen LogP contribution is -2.06. The minimum atomic E-state index is -0.323. The quantitative estimate of drug-likeness (QED) is 0.853. The van der Waals surface area contributed by atoms with E-state index in [1.54, 1.807) is 6.07 Å². The van der Waals surface area contributed by atoms with Crippen molar-refractivity contribution in [3.8, 4) is 0 Å². The fourth-order valence-electron chi connectivity index (χ4n) is 2.54. The second kappa shape index (κ2) is 5.17. The van der Waals surface area contributed by atoms with Crippen LogP contribution in [0.25, 0.3) is 0 Å². The van der Waals surface area contributed by atoms with Gasteiger partial charge in [-0.05, 0) is 35.7 Å². The van der Waals surface area contributed by atoms with Crippen molar-refractivity contribution in [2.24, 2.45) is 0 Å². The molecule has 0 spiro atoms. The number of nitrogens with one attached hydrogen (secondary N) is 1. The van der Waals surface area contributed by atoms with E-state index in [9.17, 15) is 4.79 Å². The Morgan fingerprint density at radius 1 is 1.30 bits per heavy atom. The molecule has 4 heteroatoms. The van der Waals surface area contributed by atoms with Crippen molar-refractivity contribution in [1.29, 1.82) is 0 Å². The summed E-state index contributed by atoms with van der Waals surface area (Å²) in [4.78, 5) is 11.5. The molecule has 0 bridgehead atoms. The lowest BCUT2D eigenvalue weighted by molar-refractivity contribution is 0.0601. The van der Waals surface area contributed by atoms with Crippen LogP contribution in [0.2, 0.25) is 5.02 Å². The van der Waals surface area contributed by atoms with Crippen LogP contribution >= 0.6 is 11.6 Å². The van der Waals surface area contributed by atoms with Crippen LogP contribution in [0.1, 0.15) is 27.5 Å². The fraction of sp³-hybridized carbons (Fsp3) is 0.188. The van der Waals surface area contributed by atoms with E-state index in [0.717, 1.165) is 22.7 Å². The first-order chi connectivity index (χ1) is 9.69. The van der Waals surface area contributed by atoms with Gasteiger partial charge in [0.15, 0.2) is 0 Å². The molecule has 102 valence electrons. The summed E-state index contributed by atoms with van der Waals surface area (Å²) in [6.45, 7) is 0. The van der Waals surface area contributed by atoms with E-state index in [4.69, 9.17) is 16.3 Å². The Balaban J connectivity index is 1.89. The summed E-state index contributed by atoms with van der Waals surface area (Å²) in [6, 6.07) is 13.5. The minimum absolute atomic E-state index is 0.145. The average Bonchev–Trinajstić information content (AvgIpc) is 2.89. The second-order valence-electron chi connectivity index (χ2n) is 4.79. The normalized spacial score (nSPS) is 16.4. The van der Waals surface area contributed by atoms with Gasteiger partial charge in [0.05, 0.1) is 18.7 Å². The monoisotopic (exact) mass is 287 g/mol. The van der Waals surface area contributed by atoms with Gasteiger partial charge in [0.25, 0.3) is 0 Å². The lowest BCUT2D eigenvalue weighted by atomic mass is 10.0. The number of hydrogen-bond donors (Lipinski definition) is 1. The van der Waals surface area contributed by atoms with Crippen LogP contribution in [-0.4, -0.2) is 13.1 Å². The highest BCUT2D eigenvalue weighted by molar-refractivity contribution is 6.31. The summed E-state index contributed by atoms with van der Waals surface area (Å²) in [7, 11) is 1.38. The predicted molar refractivity (Wildman–Crippen MR) is 79.3 cm³/mol. The Morgan fingerprint density at radius 2 is 2.10 bits per heavy atom. The first kappa shape index (κ1) is 13.0. The number of carbonyl (C=O) groups excluding carboxylic acids is 1. The van der Waals surface area contributed by atoms with E-state index in [1.807, 2.05) is 36.4 Å². The topological polar surface area (TPSA) is 38.3 Å². The predicted octanol–water partition coefficient (Wildman–Crippen LogP) is 3.84. The maximum absolute atomic E-state index is 11.5. The molecule has 0 aliphatic carbocycles. The Hall–Kier alpha value is -2.00. The molecule has 1 atom stereocenters. The highest BCUT2D eigenvalue weighted by Crippen LogP contribution is 2.37. The van der Waals surface area contributed by atoms with Crippen molar-refractivity contribution >= 4 is 23.3 Å². The van der Waals surface area contributed by atoms with Crippen LogP contribution in [0.15, 0.2) is 42.5 Å². The van der Waals surface area contributed by atoms with Gasteiger partial charge in [0.1, 0.15) is 0 Å². The van der Waals surface area contributed by atoms with Gasteiger partial charge >= 0.3 is 5.97 Å². The molecule has 20 heavy (non-hydrogen) atoms. The number of benzene rings is 2. The SMILES string of the molecule is COC(=O)c1ccc2c(c1)NC(c1ccccc1Cl)C2. The number of esters is 1. The molecule has 1 N–H and O–H groups in total. The highest BCUT2D eigenvalue weighted by Gasteiger charge is 2.24. The summed E-state index contributed by atoms with van der Waals surface area (Å²) in [5, 5.41) is 4.17. The number of halogens is 1. The smallest absolute Gasteiger partial charge is 0.337 e. The average molecular weight is 288 g/mol. The first-order valence-corrected chi connectivity index (χ1v) is 6.79. The van der Waals surface area contributed by atoms with Crippen molar-refractivity contribution in [3.05, 3.63) is 64.2 Å². The van der Waals surface area contributed by atoms with Crippen LogP contribution in [0.3, 0.4) is 0 Å². The highest BCUT2D eigenvalue weighted by atomic mass is 35.5. The summed E-state index contributed by atoms with van der Waals surface area (Å²) >= 11 is 6.24. The van der Waals surface area contributed by atoms with E-state index in [0.29, 0.717) is 5.56 Å².